The van der Waals surface area contributed by atoms with Crippen LogP contribution in [0.15, 0.2) is 17.0 Å². The predicted octanol–water partition coefficient (Wildman–Crippen LogP) is -0.213. The average Bonchev–Trinajstić information content (AvgIpc) is 2.65. The third kappa shape index (κ3) is 2.54. The molecule has 1 aliphatic rings. The van der Waals surface area contributed by atoms with Crippen molar-refractivity contribution in [2.24, 2.45) is 0 Å². The monoisotopic (exact) mass is 310 g/mol. The van der Waals surface area contributed by atoms with Gasteiger partial charge in [-0.3, -0.25) is 0 Å². The van der Waals surface area contributed by atoms with E-state index in [1.165, 1.54) is 0 Å². The summed E-state index contributed by atoms with van der Waals surface area (Å²) in [4.78, 5) is -0.352. The number of aliphatic hydroxyl groups is 2. The Balaban J connectivity index is 2.43. The van der Waals surface area contributed by atoms with Crippen LogP contribution in [-0.2, 0) is 10.0 Å². The molecular formula is C10H12ClFN2O4S. The largest absolute Gasteiger partial charge is 0.396 e. The van der Waals surface area contributed by atoms with Gasteiger partial charge in [0.25, 0.3) is 0 Å². The van der Waals surface area contributed by atoms with Gasteiger partial charge >= 0.3 is 0 Å². The highest BCUT2D eigenvalue weighted by Gasteiger charge is 2.38. The molecule has 0 aromatic heterocycles. The molecule has 1 aromatic carbocycles. The van der Waals surface area contributed by atoms with E-state index in [1.807, 2.05) is 0 Å². The van der Waals surface area contributed by atoms with Crippen LogP contribution < -0.4 is 5.73 Å². The number of rotatable bonds is 2. The Morgan fingerprint density at radius 1 is 1.32 bits per heavy atom. The number of aliphatic hydroxyl groups excluding tert-OH is 2. The highest BCUT2D eigenvalue weighted by molar-refractivity contribution is 7.89. The fourth-order valence-electron chi connectivity index (χ4n) is 1.81. The summed E-state index contributed by atoms with van der Waals surface area (Å²) in [6, 6.07) is 1.73. The molecular weight excluding hydrogens is 299 g/mol. The Morgan fingerprint density at radius 3 is 2.37 bits per heavy atom. The number of nitrogen functional groups attached to an aromatic ring is 1. The van der Waals surface area contributed by atoms with Gasteiger partial charge in [0.1, 0.15) is 10.7 Å². The molecule has 106 valence electrons. The van der Waals surface area contributed by atoms with Gasteiger partial charge in [0.2, 0.25) is 10.0 Å². The zero-order valence-electron chi connectivity index (χ0n) is 9.62. The van der Waals surface area contributed by atoms with E-state index in [2.05, 4.69) is 0 Å². The average molecular weight is 311 g/mol. The van der Waals surface area contributed by atoms with Crippen molar-refractivity contribution in [2.75, 3.05) is 18.8 Å². The molecule has 1 heterocycles. The summed E-state index contributed by atoms with van der Waals surface area (Å²) in [5.41, 5.74) is 4.98. The Kier molecular flexibility index (Phi) is 3.72. The van der Waals surface area contributed by atoms with Crippen molar-refractivity contribution < 1.29 is 23.0 Å². The number of β-amino-alcohol motifs (C(OH)–C–C–N with tert-alkyl or cyclic N) is 2. The molecule has 1 fully saturated rings. The quantitative estimate of drug-likeness (QED) is 0.656. The molecule has 0 spiro atoms. The fraction of sp³-hybridized carbons (Fsp3) is 0.400. The van der Waals surface area contributed by atoms with E-state index in [-0.39, 0.29) is 28.7 Å². The second kappa shape index (κ2) is 4.88. The molecule has 0 saturated carbocycles. The number of hydrogen-bond acceptors (Lipinski definition) is 5. The van der Waals surface area contributed by atoms with Crippen LogP contribution in [0.2, 0.25) is 5.02 Å². The molecule has 1 saturated heterocycles. The van der Waals surface area contributed by atoms with E-state index >= 15 is 0 Å². The topological polar surface area (TPSA) is 104 Å². The number of anilines is 1. The normalized spacial score (nSPS) is 24.8. The van der Waals surface area contributed by atoms with Crippen molar-refractivity contribution in [3.05, 3.63) is 23.0 Å². The standard InChI is InChI=1S/C10H12ClFN2O4S/c11-5-1-6(12)7(13)2-10(5)19(17,18)14-3-8(15)9(16)4-14/h1-2,8-9,15-16H,3-4,13H2/t8-,9+. The molecule has 0 bridgehead atoms. The maximum Gasteiger partial charge on any atom is 0.244 e. The first-order valence-electron chi connectivity index (χ1n) is 5.34. The van der Waals surface area contributed by atoms with Gasteiger partial charge in [0.15, 0.2) is 0 Å². The molecule has 0 radical (unpaired) electrons. The first-order valence-corrected chi connectivity index (χ1v) is 7.16. The van der Waals surface area contributed by atoms with E-state index in [1.54, 1.807) is 0 Å². The summed E-state index contributed by atoms with van der Waals surface area (Å²) in [6.45, 7) is -0.506. The molecule has 9 heteroatoms. The summed E-state index contributed by atoms with van der Waals surface area (Å²) in [5, 5.41) is 18.4. The summed E-state index contributed by atoms with van der Waals surface area (Å²) < 4.78 is 38.5. The number of nitrogens with zero attached hydrogens (tertiary/aromatic N) is 1. The number of hydrogen-bond donors (Lipinski definition) is 3. The predicted molar refractivity (Wildman–Crippen MR) is 66.6 cm³/mol. The number of halogens is 2. The fourth-order valence-corrected chi connectivity index (χ4v) is 3.81. The number of benzene rings is 1. The molecule has 2 atom stereocenters. The molecule has 19 heavy (non-hydrogen) atoms. The molecule has 1 aliphatic heterocycles. The molecule has 0 aliphatic carbocycles. The minimum absolute atomic E-state index is 0.253. The molecule has 6 nitrogen and oxygen atoms in total. The SMILES string of the molecule is Nc1cc(S(=O)(=O)N2C[C@@H](O)[C@@H](O)C2)c(Cl)cc1F. The highest BCUT2D eigenvalue weighted by atomic mass is 35.5. The maximum atomic E-state index is 13.2. The summed E-state index contributed by atoms with van der Waals surface area (Å²) in [6.07, 6.45) is -2.32. The molecule has 1 aromatic rings. The van der Waals surface area contributed by atoms with E-state index < -0.39 is 28.0 Å². The second-order valence-corrected chi connectivity index (χ2v) is 6.57. The Morgan fingerprint density at radius 2 is 1.84 bits per heavy atom. The zero-order chi connectivity index (χ0) is 14.4. The lowest BCUT2D eigenvalue weighted by Crippen LogP contribution is -2.30. The lowest BCUT2D eigenvalue weighted by Gasteiger charge is -2.17. The van der Waals surface area contributed by atoms with Crippen LogP contribution in [0.4, 0.5) is 10.1 Å². The van der Waals surface area contributed by atoms with E-state index in [0.29, 0.717) is 0 Å². The van der Waals surface area contributed by atoms with Crippen LogP contribution in [0.25, 0.3) is 0 Å². The lowest BCUT2D eigenvalue weighted by atomic mass is 10.3. The minimum atomic E-state index is -4.04. The minimum Gasteiger partial charge on any atom is -0.396 e. The Hall–Kier alpha value is -0.930. The van der Waals surface area contributed by atoms with Crippen LogP contribution in [0.5, 0.6) is 0 Å². The lowest BCUT2D eigenvalue weighted by molar-refractivity contribution is 0.0572. The van der Waals surface area contributed by atoms with E-state index in [9.17, 15) is 23.0 Å². The Bertz CT molecular complexity index is 600. The first-order chi connectivity index (χ1) is 8.73. The number of nitrogens with two attached hydrogens (primary N) is 1. The third-order valence-corrected chi connectivity index (χ3v) is 5.19. The van der Waals surface area contributed by atoms with Gasteiger partial charge in [-0.15, -0.1) is 0 Å². The van der Waals surface area contributed by atoms with Crippen molar-refractivity contribution in [3.63, 3.8) is 0 Å². The van der Waals surface area contributed by atoms with Crippen LogP contribution in [0, 0.1) is 5.82 Å². The van der Waals surface area contributed by atoms with Gasteiger partial charge in [-0.05, 0) is 12.1 Å². The van der Waals surface area contributed by atoms with Crippen molar-refractivity contribution in [2.45, 2.75) is 17.1 Å². The first kappa shape index (κ1) is 14.5. The van der Waals surface area contributed by atoms with Crippen LogP contribution in [-0.4, -0.2) is 48.2 Å². The van der Waals surface area contributed by atoms with Crippen molar-refractivity contribution >= 4 is 27.3 Å². The summed E-state index contributed by atoms with van der Waals surface area (Å²) in [7, 11) is -4.04. The summed E-state index contributed by atoms with van der Waals surface area (Å²) in [5.74, 6) is -0.814. The molecule has 0 amide bonds. The van der Waals surface area contributed by atoms with Crippen molar-refractivity contribution in [1.82, 2.24) is 4.31 Å². The van der Waals surface area contributed by atoms with Crippen molar-refractivity contribution in [1.29, 1.82) is 0 Å². The van der Waals surface area contributed by atoms with Crippen LogP contribution in [0.3, 0.4) is 0 Å². The van der Waals surface area contributed by atoms with Gasteiger partial charge in [-0.25, -0.2) is 12.8 Å². The second-order valence-electron chi connectivity index (χ2n) is 4.26. The zero-order valence-corrected chi connectivity index (χ0v) is 11.2. The van der Waals surface area contributed by atoms with Crippen LogP contribution >= 0.6 is 11.6 Å². The van der Waals surface area contributed by atoms with E-state index in [4.69, 9.17) is 17.3 Å². The molecule has 0 unspecified atom stereocenters. The third-order valence-electron chi connectivity index (χ3n) is 2.89. The van der Waals surface area contributed by atoms with Gasteiger partial charge < -0.3 is 15.9 Å². The van der Waals surface area contributed by atoms with Gasteiger partial charge in [-0.1, -0.05) is 11.6 Å². The molecule has 2 rings (SSSR count). The van der Waals surface area contributed by atoms with Gasteiger partial charge in [0, 0.05) is 13.1 Å². The highest BCUT2D eigenvalue weighted by Crippen LogP contribution is 2.30. The van der Waals surface area contributed by atoms with Crippen LogP contribution in [0.1, 0.15) is 0 Å². The smallest absolute Gasteiger partial charge is 0.244 e. The van der Waals surface area contributed by atoms with E-state index in [0.717, 1.165) is 16.4 Å². The maximum absolute atomic E-state index is 13.2. The van der Waals surface area contributed by atoms with Gasteiger partial charge in [0.05, 0.1) is 22.9 Å². The number of sulfonamides is 1. The Labute approximate surface area is 114 Å². The van der Waals surface area contributed by atoms with Gasteiger partial charge in [-0.2, -0.15) is 4.31 Å². The summed E-state index contributed by atoms with van der Waals surface area (Å²) >= 11 is 5.71. The van der Waals surface area contributed by atoms with Crippen molar-refractivity contribution in [3.8, 4) is 0 Å². The molecule has 4 N–H and O–H groups in total.